The maximum absolute atomic E-state index is 6.18. The van der Waals surface area contributed by atoms with Crippen LogP contribution in [-0.4, -0.2) is 59.9 Å². The first-order valence-electron chi connectivity index (χ1n) is 8.32. The molecule has 1 aromatic rings. The van der Waals surface area contributed by atoms with Crippen molar-refractivity contribution in [1.29, 1.82) is 0 Å². The first kappa shape index (κ1) is 14.4. The van der Waals surface area contributed by atoms with Crippen LogP contribution in [0.2, 0.25) is 0 Å². The van der Waals surface area contributed by atoms with Crippen molar-refractivity contribution >= 4 is 5.95 Å². The molecule has 4 heterocycles. The van der Waals surface area contributed by atoms with Gasteiger partial charge in [-0.2, -0.15) is 4.98 Å². The number of hydrogen-bond acceptors (Lipinski definition) is 6. The van der Waals surface area contributed by atoms with Gasteiger partial charge >= 0.3 is 0 Å². The van der Waals surface area contributed by atoms with Crippen LogP contribution in [0.25, 0.3) is 0 Å². The minimum atomic E-state index is -0.0153. The van der Waals surface area contributed by atoms with Crippen molar-refractivity contribution in [3.8, 4) is 0 Å². The van der Waals surface area contributed by atoms with Gasteiger partial charge in [0, 0.05) is 38.7 Å². The van der Waals surface area contributed by atoms with Gasteiger partial charge in [0.05, 0.1) is 18.3 Å². The van der Waals surface area contributed by atoms with Gasteiger partial charge in [0.1, 0.15) is 5.82 Å². The van der Waals surface area contributed by atoms with Crippen molar-refractivity contribution in [3.63, 3.8) is 0 Å². The predicted molar refractivity (Wildman–Crippen MR) is 79.9 cm³/mol. The Kier molecular flexibility index (Phi) is 4.02. The molecule has 2 atom stereocenters. The van der Waals surface area contributed by atoms with E-state index >= 15 is 0 Å². The van der Waals surface area contributed by atoms with Gasteiger partial charge in [-0.05, 0) is 25.7 Å². The zero-order valence-corrected chi connectivity index (χ0v) is 12.8. The van der Waals surface area contributed by atoms with E-state index in [1.165, 1.54) is 0 Å². The number of rotatable bonds is 4. The summed E-state index contributed by atoms with van der Waals surface area (Å²) in [6, 6.07) is 0. The fourth-order valence-corrected chi connectivity index (χ4v) is 3.63. The van der Waals surface area contributed by atoms with Crippen LogP contribution in [0, 0.1) is 0 Å². The third kappa shape index (κ3) is 2.98. The van der Waals surface area contributed by atoms with Gasteiger partial charge in [-0.25, -0.2) is 0 Å². The molecule has 3 fully saturated rings. The number of H-pyrrole nitrogens is 1. The smallest absolute Gasteiger partial charge is 0.242 e. The molecule has 3 aliphatic rings. The van der Waals surface area contributed by atoms with Crippen LogP contribution in [0.3, 0.4) is 0 Å². The molecule has 0 radical (unpaired) electrons. The third-order valence-electron chi connectivity index (χ3n) is 5.00. The lowest BCUT2D eigenvalue weighted by Gasteiger charge is -2.22. The van der Waals surface area contributed by atoms with Gasteiger partial charge in [-0.15, -0.1) is 5.10 Å². The molecule has 0 amide bonds. The number of anilines is 1. The van der Waals surface area contributed by atoms with Crippen LogP contribution < -0.4 is 5.32 Å². The van der Waals surface area contributed by atoms with E-state index in [1.54, 1.807) is 0 Å². The summed E-state index contributed by atoms with van der Waals surface area (Å²) in [5, 5.41) is 10.6. The number of nitrogens with one attached hydrogen (secondary N) is 2. The molecular formula is C15H24N4O3. The lowest BCUT2D eigenvalue weighted by Crippen LogP contribution is -2.31. The average molecular weight is 308 g/mol. The summed E-state index contributed by atoms with van der Waals surface area (Å²) in [6.07, 6.45) is 5.46. The van der Waals surface area contributed by atoms with Crippen molar-refractivity contribution in [3.05, 3.63) is 5.82 Å². The van der Waals surface area contributed by atoms with Gasteiger partial charge in [0.2, 0.25) is 5.95 Å². The molecule has 3 aliphatic heterocycles. The molecule has 1 spiro atoms. The second kappa shape index (κ2) is 6.14. The second-order valence-corrected chi connectivity index (χ2v) is 6.58. The van der Waals surface area contributed by atoms with Gasteiger partial charge in [0.25, 0.3) is 0 Å². The zero-order chi connectivity index (χ0) is 14.8. The Morgan fingerprint density at radius 2 is 2.05 bits per heavy atom. The van der Waals surface area contributed by atoms with E-state index in [1.807, 2.05) is 0 Å². The molecule has 0 aliphatic carbocycles. The maximum atomic E-state index is 6.18. The van der Waals surface area contributed by atoms with Gasteiger partial charge < -0.3 is 19.5 Å². The Balaban J connectivity index is 1.28. The highest BCUT2D eigenvalue weighted by Gasteiger charge is 2.43. The summed E-state index contributed by atoms with van der Waals surface area (Å²) in [4.78, 5) is 4.57. The number of ether oxygens (including phenoxy) is 3. The molecule has 2 unspecified atom stereocenters. The molecule has 0 bridgehead atoms. The largest absolute Gasteiger partial charge is 0.381 e. The highest BCUT2D eigenvalue weighted by molar-refractivity contribution is 5.24. The number of aromatic amines is 1. The van der Waals surface area contributed by atoms with E-state index in [0.29, 0.717) is 11.9 Å². The highest BCUT2D eigenvalue weighted by atomic mass is 16.6. The van der Waals surface area contributed by atoms with Crippen LogP contribution in [-0.2, 0) is 14.2 Å². The van der Waals surface area contributed by atoms with E-state index in [0.717, 1.165) is 70.9 Å². The second-order valence-electron chi connectivity index (χ2n) is 6.58. The maximum Gasteiger partial charge on any atom is 0.242 e. The topological polar surface area (TPSA) is 81.3 Å². The number of hydrogen-bond donors (Lipinski definition) is 2. The molecule has 0 saturated carbocycles. The summed E-state index contributed by atoms with van der Waals surface area (Å²) in [5.41, 5.74) is -0.0153. The first-order chi connectivity index (χ1) is 10.8. The Bertz CT molecular complexity index is 495. The van der Waals surface area contributed by atoms with Crippen LogP contribution in [0.5, 0.6) is 0 Å². The fourth-order valence-electron chi connectivity index (χ4n) is 3.63. The van der Waals surface area contributed by atoms with E-state index in [4.69, 9.17) is 14.2 Å². The normalized spacial score (nSPS) is 32.8. The van der Waals surface area contributed by atoms with Crippen molar-refractivity contribution in [2.75, 3.05) is 38.3 Å². The molecule has 122 valence electrons. The summed E-state index contributed by atoms with van der Waals surface area (Å²) in [5.74, 6) is 2.09. The Morgan fingerprint density at radius 3 is 2.86 bits per heavy atom. The van der Waals surface area contributed by atoms with Crippen LogP contribution in [0.4, 0.5) is 5.95 Å². The fraction of sp³-hybridized carbons (Fsp3) is 0.867. The van der Waals surface area contributed by atoms with E-state index in [2.05, 4.69) is 20.5 Å². The Hall–Kier alpha value is -1.18. The molecule has 2 N–H and O–H groups in total. The molecular weight excluding hydrogens is 284 g/mol. The summed E-state index contributed by atoms with van der Waals surface area (Å²) in [6.45, 7) is 3.96. The molecule has 1 aromatic heterocycles. The molecule has 22 heavy (non-hydrogen) atoms. The molecule has 3 saturated heterocycles. The zero-order valence-electron chi connectivity index (χ0n) is 12.8. The van der Waals surface area contributed by atoms with Gasteiger partial charge in [0.15, 0.2) is 0 Å². The van der Waals surface area contributed by atoms with Gasteiger partial charge in [-0.1, -0.05) is 0 Å². The average Bonchev–Trinajstić information content (AvgIpc) is 3.29. The monoisotopic (exact) mass is 308 g/mol. The SMILES string of the molecule is C1CC(c2nc(NCC3CCC4(CCOC4)O3)n[nH]2)CCO1. The standard InChI is InChI=1S/C15H24N4O3/c1-4-15(5-8-21-10-15)22-12(1)9-16-14-17-13(18-19-14)11-2-6-20-7-3-11/h11-12H,1-10H2,(H2,16,17,18,19). The van der Waals surface area contributed by atoms with Gasteiger partial charge in [-0.3, -0.25) is 5.10 Å². The highest BCUT2D eigenvalue weighted by Crippen LogP contribution is 2.36. The lowest BCUT2D eigenvalue weighted by molar-refractivity contribution is -0.0394. The molecule has 7 heteroatoms. The third-order valence-corrected chi connectivity index (χ3v) is 5.00. The van der Waals surface area contributed by atoms with E-state index < -0.39 is 0 Å². The summed E-state index contributed by atoms with van der Waals surface area (Å²) in [7, 11) is 0. The molecule has 7 nitrogen and oxygen atoms in total. The number of nitrogens with zero attached hydrogens (tertiary/aromatic N) is 2. The van der Waals surface area contributed by atoms with E-state index in [9.17, 15) is 0 Å². The quantitative estimate of drug-likeness (QED) is 0.876. The van der Waals surface area contributed by atoms with E-state index in [-0.39, 0.29) is 11.7 Å². The molecule has 0 aromatic carbocycles. The Morgan fingerprint density at radius 1 is 1.14 bits per heavy atom. The minimum absolute atomic E-state index is 0.0153. The van der Waals surface area contributed by atoms with Crippen molar-refractivity contribution in [2.24, 2.45) is 0 Å². The first-order valence-corrected chi connectivity index (χ1v) is 8.32. The van der Waals surface area contributed by atoms with Crippen molar-refractivity contribution in [1.82, 2.24) is 15.2 Å². The predicted octanol–water partition coefficient (Wildman–Crippen LogP) is 1.45. The molecule has 4 rings (SSSR count). The lowest BCUT2D eigenvalue weighted by atomic mass is 9.99. The van der Waals surface area contributed by atoms with Crippen LogP contribution in [0.1, 0.15) is 43.8 Å². The van der Waals surface area contributed by atoms with Crippen LogP contribution in [0.15, 0.2) is 0 Å². The van der Waals surface area contributed by atoms with Crippen LogP contribution >= 0.6 is 0 Å². The minimum Gasteiger partial charge on any atom is -0.381 e. The Labute approximate surface area is 130 Å². The van der Waals surface area contributed by atoms with Crippen molar-refractivity contribution in [2.45, 2.75) is 49.7 Å². The summed E-state index contributed by atoms with van der Waals surface area (Å²) >= 11 is 0. The van der Waals surface area contributed by atoms with Crippen molar-refractivity contribution < 1.29 is 14.2 Å². The summed E-state index contributed by atoms with van der Waals surface area (Å²) < 4.78 is 17.0. The number of aromatic nitrogens is 3.